The van der Waals surface area contributed by atoms with E-state index in [0.717, 1.165) is 38.0 Å². The molecule has 1 saturated carbocycles. The lowest BCUT2D eigenvalue weighted by Crippen LogP contribution is -2.36. The Bertz CT molecular complexity index is 1150. The minimum absolute atomic E-state index is 0.166. The van der Waals surface area contributed by atoms with Crippen LogP contribution in [0.5, 0.6) is 5.75 Å². The van der Waals surface area contributed by atoms with Gasteiger partial charge in [-0.2, -0.15) is 0 Å². The van der Waals surface area contributed by atoms with Crippen LogP contribution in [-0.2, 0) is 4.74 Å². The number of benzene rings is 1. The third-order valence-corrected chi connectivity index (χ3v) is 6.06. The molecular formula is C24H31N3O6. The largest absolute Gasteiger partial charge is 0.492 e. The number of nitrogens with zero attached hydrogens (tertiary/aromatic N) is 2. The van der Waals surface area contributed by atoms with Crippen LogP contribution in [0.3, 0.4) is 0 Å². The van der Waals surface area contributed by atoms with Gasteiger partial charge >= 0.3 is 12.1 Å². The minimum atomic E-state index is -1.22. The molecule has 178 valence electrons. The number of fused-ring (bicyclic) bond motifs is 1. The van der Waals surface area contributed by atoms with Crippen molar-refractivity contribution < 1.29 is 24.2 Å². The van der Waals surface area contributed by atoms with Crippen LogP contribution in [0.4, 0.5) is 10.5 Å². The topological polar surface area (TPSA) is 110 Å². The van der Waals surface area contributed by atoms with Crippen LogP contribution in [0.25, 0.3) is 10.9 Å². The van der Waals surface area contributed by atoms with E-state index in [1.165, 1.54) is 6.20 Å². The minimum Gasteiger partial charge on any atom is -0.492 e. The van der Waals surface area contributed by atoms with Crippen LogP contribution in [0, 0.1) is 5.92 Å². The molecule has 0 spiro atoms. The molecule has 1 atom stereocenters. The summed E-state index contributed by atoms with van der Waals surface area (Å²) >= 11 is 0. The Balaban J connectivity index is 1.61. The molecule has 4 rings (SSSR count). The van der Waals surface area contributed by atoms with E-state index in [0.29, 0.717) is 23.2 Å². The number of nitrogens with one attached hydrogen (secondary N) is 1. The van der Waals surface area contributed by atoms with Gasteiger partial charge in [0.15, 0.2) is 5.75 Å². The highest BCUT2D eigenvalue weighted by molar-refractivity contribution is 5.97. The molecule has 2 N–H and O–H groups in total. The van der Waals surface area contributed by atoms with Crippen molar-refractivity contribution in [1.82, 2.24) is 9.88 Å². The first kappa shape index (κ1) is 22.9. The molecule has 0 radical (unpaired) electrons. The number of methoxy groups -OCH3 is 1. The van der Waals surface area contributed by atoms with Crippen molar-refractivity contribution in [2.45, 2.75) is 51.7 Å². The summed E-state index contributed by atoms with van der Waals surface area (Å²) < 4.78 is 13.0. The highest BCUT2D eigenvalue weighted by atomic mass is 16.6. The van der Waals surface area contributed by atoms with Gasteiger partial charge in [0, 0.05) is 31.9 Å². The van der Waals surface area contributed by atoms with Crippen LogP contribution in [-0.4, -0.2) is 54.1 Å². The summed E-state index contributed by atoms with van der Waals surface area (Å²) in [6, 6.07) is 3.70. The molecule has 1 aliphatic heterocycles. The van der Waals surface area contributed by atoms with E-state index in [4.69, 9.17) is 9.47 Å². The number of aromatic carboxylic acids is 1. The van der Waals surface area contributed by atoms with Crippen molar-refractivity contribution in [3.05, 3.63) is 34.1 Å². The van der Waals surface area contributed by atoms with E-state index in [1.54, 1.807) is 13.2 Å². The maximum absolute atomic E-state index is 12.9. The summed E-state index contributed by atoms with van der Waals surface area (Å²) in [6.45, 7) is 7.50. The maximum atomic E-state index is 12.9. The van der Waals surface area contributed by atoms with Gasteiger partial charge in [-0.3, -0.25) is 4.79 Å². The molecule has 1 aromatic carbocycles. The van der Waals surface area contributed by atoms with Gasteiger partial charge in [-0.15, -0.1) is 0 Å². The SMILES string of the molecule is COc1c(N2CC[C@@H](CNC(=O)OC(C)(C)C)C2)ccc2c(=O)c(C(=O)O)cn(C3CC3)c12. The Morgan fingerprint density at radius 2 is 1.94 bits per heavy atom. The average molecular weight is 458 g/mol. The van der Waals surface area contributed by atoms with Crippen molar-refractivity contribution in [3.63, 3.8) is 0 Å². The fourth-order valence-corrected chi connectivity index (χ4v) is 4.41. The molecular weight excluding hydrogens is 426 g/mol. The van der Waals surface area contributed by atoms with E-state index in [9.17, 15) is 19.5 Å². The van der Waals surface area contributed by atoms with Crippen molar-refractivity contribution in [2.75, 3.05) is 31.6 Å². The monoisotopic (exact) mass is 457 g/mol. The van der Waals surface area contributed by atoms with E-state index < -0.39 is 23.1 Å². The van der Waals surface area contributed by atoms with Crippen LogP contribution < -0.4 is 20.4 Å². The molecule has 0 unspecified atom stereocenters. The molecule has 0 bridgehead atoms. The summed E-state index contributed by atoms with van der Waals surface area (Å²) in [4.78, 5) is 38.6. The number of alkyl carbamates (subject to hydrolysis) is 1. The fourth-order valence-electron chi connectivity index (χ4n) is 4.41. The molecule has 2 aromatic rings. The normalized spacial score (nSPS) is 18.4. The molecule has 2 heterocycles. The number of hydrogen-bond donors (Lipinski definition) is 2. The molecule has 9 nitrogen and oxygen atoms in total. The predicted octanol–water partition coefficient (Wildman–Crippen LogP) is 3.39. The van der Waals surface area contributed by atoms with Crippen molar-refractivity contribution in [3.8, 4) is 5.75 Å². The van der Waals surface area contributed by atoms with Gasteiger partial charge in [0.2, 0.25) is 5.43 Å². The summed E-state index contributed by atoms with van der Waals surface area (Å²) in [5.74, 6) is -0.397. The highest BCUT2D eigenvalue weighted by Crippen LogP contribution is 2.43. The lowest BCUT2D eigenvalue weighted by molar-refractivity contribution is 0.0520. The average Bonchev–Trinajstić information content (AvgIpc) is 3.47. The molecule has 1 aliphatic carbocycles. The van der Waals surface area contributed by atoms with Crippen LogP contribution >= 0.6 is 0 Å². The van der Waals surface area contributed by atoms with Gasteiger partial charge in [-0.05, 0) is 58.1 Å². The van der Waals surface area contributed by atoms with Gasteiger partial charge in [0.05, 0.1) is 23.7 Å². The van der Waals surface area contributed by atoms with E-state index in [-0.39, 0.29) is 17.5 Å². The quantitative estimate of drug-likeness (QED) is 0.684. The number of carboxylic acids is 1. The van der Waals surface area contributed by atoms with Gasteiger partial charge in [0.1, 0.15) is 11.2 Å². The Hall–Kier alpha value is -3.23. The lowest BCUT2D eigenvalue weighted by atomic mass is 10.1. The van der Waals surface area contributed by atoms with E-state index in [2.05, 4.69) is 10.2 Å². The Kier molecular flexibility index (Phi) is 5.99. The molecule has 33 heavy (non-hydrogen) atoms. The smallest absolute Gasteiger partial charge is 0.407 e. The summed E-state index contributed by atoms with van der Waals surface area (Å²) in [7, 11) is 1.57. The Labute approximate surface area is 192 Å². The van der Waals surface area contributed by atoms with Crippen molar-refractivity contribution >= 4 is 28.7 Å². The number of pyridine rings is 1. The summed E-state index contributed by atoms with van der Waals surface area (Å²) in [6.07, 6.45) is 3.80. The first-order valence-electron chi connectivity index (χ1n) is 11.3. The maximum Gasteiger partial charge on any atom is 0.407 e. The lowest BCUT2D eigenvalue weighted by Gasteiger charge is -2.24. The number of anilines is 1. The van der Waals surface area contributed by atoms with Crippen LogP contribution in [0.2, 0.25) is 0 Å². The number of amides is 1. The van der Waals surface area contributed by atoms with E-state index in [1.807, 2.05) is 31.4 Å². The number of rotatable bonds is 6. The molecule has 2 fully saturated rings. The first-order valence-corrected chi connectivity index (χ1v) is 11.3. The fraction of sp³-hybridized carbons (Fsp3) is 0.542. The van der Waals surface area contributed by atoms with Gasteiger partial charge in [0.25, 0.3) is 0 Å². The van der Waals surface area contributed by atoms with Gasteiger partial charge in [-0.1, -0.05) is 0 Å². The number of hydrogen-bond acceptors (Lipinski definition) is 6. The molecule has 1 aromatic heterocycles. The number of ether oxygens (including phenoxy) is 2. The highest BCUT2D eigenvalue weighted by Gasteiger charge is 2.31. The summed E-state index contributed by atoms with van der Waals surface area (Å²) in [5.41, 5.74) is 0.241. The standard InChI is InChI=1S/C24H31N3O6/c1-24(2,3)33-23(31)25-11-14-9-10-26(12-14)18-8-7-16-19(21(18)32-4)27(15-5-6-15)13-17(20(16)28)22(29)30/h7-8,13-15H,5-6,9-12H2,1-4H3,(H,25,31)(H,29,30)/t14-/m0/s1. The summed E-state index contributed by atoms with van der Waals surface area (Å²) in [5, 5.41) is 12.7. The van der Waals surface area contributed by atoms with Gasteiger partial charge < -0.3 is 29.4 Å². The Morgan fingerprint density at radius 3 is 2.55 bits per heavy atom. The molecule has 9 heteroatoms. The third-order valence-electron chi connectivity index (χ3n) is 6.06. The number of carbonyl (C=O) groups excluding carboxylic acids is 1. The Morgan fingerprint density at radius 1 is 1.21 bits per heavy atom. The number of carbonyl (C=O) groups is 2. The van der Waals surface area contributed by atoms with Crippen molar-refractivity contribution in [2.24, 2.45) is 5.92 Å². The second-order valence-electron chi connectivity index (χ2n) is 9.81. The van der Waals surface area contributed by atoms with Gasteiger partial charge in [-0.25, -0.2) is 9.59 Å². The second kappa shape index (κ2) is 8.61. The van der Waals surface area contributed by atoms with Crippen molar-refractivity contribution in [1.29, 1.82) is 0 Å². The zero-order chi connectivity index (χ0) is 23.9. The molecule has 2 aliphatic rings. The zero-order valence-corrected chi connectivity index (χ0v) is 19.5. The number of carboxylic acid groups (broad SMARTS) is 1. The number of aromatic nitrogens is 1. The molecule has 1 amide bonds. The first-order chi connectivity index (χ1) is 15.6. The van der Waals surface area contributed by atoms with Crippen LogP contribution in [0.15, 0.2) is 23.1 Å². The van der Waals surface area contributed by atoms with Crippen LogP contribution in [0.1, 0.15) is 56.4 Å². The third kappa shape index (κ3) is 4.77. The zero-order valence-electron chi connectivity index (χ0n) is 19.5. The second-order valence-corrected chi connectivity index (χ2v) is 9.81. The molecule has 1 saturated heterocycles. The predicted molar refractivity (Wildman–Crippen MR) is 125 cm³/mol. The van der Waals surface area contributed by atoms with E-state index >= 15 is 0 Å².